The first-order valence-electron chi connectivity index (χ1n) is 7.87. The van der Waals surface area contributed by atoms with Crippen molar-refractivity contribution in [2.45, 2.75) is 38.6 Å². The molecule has 5 heteroatoms. The molecule has 1 aromatic carbocycles. The number of hydrogen-bond donors (Lipinski definition) is 2. The number of carbonyl (C=O) groups excluding carboxylic acids is 1. The highest BCUT2D eigenvalue weighted by atomic mass is 35.5. The molecule has 2 atom stereocenters. The minimum absolute atomic E-state index is 0. The van der Waals surface area contributed by atoms with Gasteiger partial charge in [0.25, 0.3) is 0 Å². The zero-order valence-electron chi connectivity index (χ0n) is 13.4. The van der Waals surface area contributed by atoms with Gasteiger partial charge in [-0.25, -0.2) is 0 Å². The van der Waals surface area contributed by atoms with Gasteiger partial charge in [-0.1, -0.05) is 19.1 Å². The maximum Gasteiger partial charge on any atom is 0.220 e. The SMILES string of the molecule is CCC(NC(=O)CCC1CCNC1)c1ccc(OC)cc1.Cl. The molecule has 1 fully saturated rings. The molecule has 1 heterocycles. The normalized spacial score (nSPS) is 18.4. The Hall–Kier alpha value is -1.26. The number of halogens is 1. The molecule has 0 bridgehead atoms. The van der Waals surface area contributed by atoms with Crippen LogP contribution >= 0.6 is 12.4 Å². The number of carbonyl (C=O) groups is 1. The van der Waals surface area contributed by atoms with Gasteiger partial charge in [0.05, 0.1) is 13.2 Å². The Bertz CT molecular complexity index is 444. The molecule has 0 radical (unpaired) electrons. The Labute approximate surface area is 139 Å². The fourth-order valence-corrected chi connectivity index (χ4v) is 2.82. The molecule has 22 heavy (non-hydrogen) atoms. The third-order valence-corrected chi connectivity index (χ3v) is 4.20. The second kappa shape index (κ2) is 9.70. The van der Waals surface area contributed by atoms with Gasteiger partial charge in [-0.2, -0.15) is 0 Å². The zero-order chi connectivity index (χ0) is 15.1. The van der Waals surface area contributed by atoms with Crippen molar-refractivity contribution in [1.29, 1.82) is 0 Å². The lowest BCUT2D eigenvalue weighted by molar-refractivity contribution is -0.122. The topological polar surface area (TPSA) is 50.4 Å². The highest BCUT2D eigenvalue weighted by Gasteiger charge is 2.17. The summed E-state index contributed by atoms with van der Waals surface area (Å²) in [6, 6.07) is 8.01. The number of amides is 1. The second-order valence-electron chi connectivity index (χ2n) is 5.70. The fourth-order valence-electron chi connectivity index (χ4n) is 2.82. The van der Waals surface area contributed by atoms with E-state index < -0.39 is 0 Å². The van der Waals surface area contributed by atoms with Crippen LogP contribution in [0, 0.1) is 5.92 Å². The van der Waals surface area contributed by atoms with Gasteiger partial charge >= 0.3 is 0 Å². The van der Waals surface area contributed by atoms with E-state index in [1.807, 2.05) is 24.3 Å². The highest BCUT2D eigenvalue weighted by Crippen LogP contribution is 2.21. The van der Waals surface area contributed by atoms with Crippen LogP contribution in [-0.2, 0) is 4.79 Å². The Morgan fingerprint density at radius 3 is 2.68 bits per heavy atom. The molecular weight excluding hydrogens is 300 g/mol. The van der Waals surface area contributed by atoms with Crippen molar-refractivity contribution < 1.29 is 9.53 Å². The minimum Gasteiger partial charge on any atom is -0.497 e. The van der Waals surface area contributed by atoms with Crippen molar-refractivity contribution >= 4 is 18.3 Å². The van der Waals surface area contributed by atoms with Gasteiger partial charge in [0.1, 0.15) is 5.75 Å². The lowest BCUT2D eigenvalue weighted by Gasteiger charge is -2.18. The largest absolute Gasteiger partial charge is 0.497 e. The Kier molecular flexibility index (Phi) is 8.28. The molecule has 1 aromatic rings. The van der Waals surface area contributed by atoms with Crippen molar-refractivity contribution in [3.05, 3.63) is 29.8 Å². The molecule has 1 aliphatic rings. The van der Waals surface area contributed by atoms with Gasteiger partial charge in [-0.15, -0.1) is 12.4 Å². The Morgan fingerprint density at radius 1 is 1.41 bits per heavy atom. The van der Waals surface area contributed by atoms with E-state index in [2.05, 4.69) is 17.6 Å². The van der Waals surface area contributed by atoms with Crippen LogP contribution in [-0.4, -0.2) is 26.1 Å². The lowest BCUT2D eigenvalue weighted by Crippen LogP contribution is -2.28. The quantitative estimate of drug-likeness (QED) is 0.809. The summed E-state index contributed by atoms with van der Waals surface area (Å²) >= 11 is 0. The minimum atomic E-state index is 0. The third kappa shape index (κ3) is 5.50. The van der Waals surface area contributed by atoms with E-state index in [1.54, 1.807) is 7.11 Å². The number of benzene rings is 1. The molecular formula is C17H27ClN2O2. The van der Waals surface area contributed by atoms with Crippen LogP contribution in [0.1, 0.15) is 44.2 Å². The summed E-state index contributed by atoms with van der Waals surface area (Å²) in [6.45, 7) is 4.24. The van der Waals surface area contributed by atoms with E-state index in [-0.39, 0.29) is 24.4 Å². The van der Waals surface area contributed by atoms with Gasteiger partial charge in [0.15, 0.2) is 0 Å². The summed E-state index contributed by atoms with van der Waals surface area (Å²) in [6.07, 6.45) is 3.70. The molecule has 0 aliphatic carbocycles. The Morgan fingerprint density at radius 2 is 2.14 bits per heavy atom. The predicted octanol–water partition coefficient (Wildman–Crippen LogP) is 3.07. The van der Waals surface area contributed by atoms with Crippen LogP contribution in [0.5, 0.6) is 5.75 Å². The first kappa shape index (κ1) is 18.8. The molecule has 2 unspecified atom stereocenters. The van der Waals surface area contributed by atoms with Gasteiger partial charge in [-0.05, 0) is 56.0 Å². The van der Waals surface area contributed by atoms with Crippen molar-refractivity contribution in [3.8, 4) is 5.75 Å². The first-order valence-corrected chi connectivity index (χ1v) is 7.87. The molecule has 2 N–H and O–H groups in total. The van der Waals surface area contributed by atoms with Gasteiger partial charge in [0, 0.05) is 6.42 Å². The van der Waals surface area contributed by atoms with E-state index in [9.17, 15) is 4.79 Å². The van der Waals surface area contributed by atoms with Crippen LogP contribution < -0.4 is 15.4 Å². The summed E-state index contributed by atoms with van der Waals surface area (Å²) < 4.78 is 5.17. The van der Waals surface area contributed by atoms with Crippen molar-refractivity contribution in [2.24, 2.45) is 5.92 Å². The van der Waals surface area contributed by atoms with Crippen LogP contribution in [0.3, 0.4) is 0 Å². The van der Waals surface area contributed by atoms with Gasteiger partial charge in [0.2, 0.25) is 5.91 Å². The molecule has 1 saturated heterocycles. The average molecular weight is 327 g/mol. The molecule has 1 aliphatic heterocycles. The fraction of sp³-hybridized carbons (Fsp3) is 0.588. The monoisotopic (exact) mass is 326 g/mol. The van der Waals surface area contributed by atoms with E-state index >= 15 is 0 Å². The van der Waals surface area contributed by atoms with E-state index in [4.69, 9.17) is 4.74 Å². The van der Waals surface area contributed by atoms with Crippen molar-refractivity contribution in [1.82, 2.24) is 10.6 Å². The average Bonchev–Trinajstić information content (AvgIpc) is 3.04. The van der Waals surface area contributed by atoms with E-state index in [0.717, 1.165) is 37.2 Å². The number of nitrogens with one attached hydrogen (secondary N) is 2. The van der Waals surface area contributed by atoms with Crippen molar-refractivity contribution in [2.75, 3.05) is 20.2 Å². The lowest BCUT2D eigenvalue weighted by atomic mass is 10.0. The molecule has 124 valence electrons. The maximum atomic E-state index is 12.1. The van der Waals surface area contributed by atoms with Gasteiger partial charge in [-0.3, -0.25) is 4.79 Å². The number of rotatable bonds is 7. The van der Waals surface area contributed by atoms with Crippen LogP contribution in [0.2, 0.25) is 0 Å². The molecule has 1 amide bonds. The number of ether oxygens (including phenoxy) is 1. The van der Waals surface area contributed by atoms with E-state index in [0.29, 0.717) is 12.3 Å². The number of hydrogen-bond acceptors (Lipinski definition) is 3. The van der Waals surface area contributed by atoms with Crippen LogP contribution in [0.15, 0.2) is 24.3 Å². The van der Waals surface area contributed by atoms with Crippen LogP contribution in [0.25, 0.3) is 0 Å². The molecule has 4 nitrogen and oxygen atoms in total. The van der Waals surface area contributed by atoms with E-state index in [1.165, 1.54) is 6.42 Å². The molecule has 0 spiro atoms. The second-order valence-corrected chi connectivity index (χ2v) is 5.70. The summed E-state index contributed by atoms with van der Waals surface area (Å²) in [5, 5.41) is 6.49. The maximum absolute atomic E-state index is 12.1. The first-order chi connectivity index (χ1) is 10.2. The summed E-state index contributed by atoms with van der Waals surface area (Å²) in [4.78, 5) is 12.1. The molecule has 2 rings (SSSR count). The zero-order valence-corrected chi connectivity index (χ0v) is 14.2. The van der Waals surface area contributed by atoms with Gasteiger partial charge < -0.3 is 15.4 Å². The number of methoxy groups -OCH3 is 1. The smallest absolute Gasteiger partial charge is 0.220 e. The van der Waals surface area contributed by atoms with Crippen LogP contribution in [0.4, 0.5) is 0 Å². The molecule has 0 aromatic heterocycles. The highest BCUT2D eigenvalue weighted by molar-refractivity contribution is 5.85. The molecule has 0 saturated carbocycles. The third-order valence-electron chi connectivity index (χ3n) is 4.20. The summed E-state index contributed by atoms with van der Waals surface area (Å²) in [7, 11) is 1.66. The standard InChI is InChI=1S/C17H26N2O2.ClH/c1-3-16(14-5-7-15(21-2)8-6-14)19-17(20)9-4-13-10-11-18-12-13;/h5-8,13,16,18H,3-4,9-12H2,1-2H3,(H,19,20);1H. The predicted molar refractivity (Wildman–Crippen MR) is 91.6 cm³/mol. The Balaban J connectivity index is 0.00000242. The summed E-state index contributed by atoms with van der Waals surface area (Å²) in [5.41, 5.74) is 1.13. The summed E-state index contributed by atoms with van der Waals surface area (Å²) in [5.74, 6) is 1.66. The van der Waals surface area contributed by atoms with Crippen molar-refractivity contribution in [3.63, 3.8) is 0 Å².